The van der Waals surface area contributed by atoms with Crippen LogP contribution < -0.4 is 15.8 Å². The molecule has 2 aromatic rings. The second kappa shape index (κ2) is 6.83. The molecule has 0 aliphatic carbocycles. The number of carbonyl (C=O) groups is 1. The predicted molar refractivity (Wildman–Crippen MR) is 89.1 cm³/mol. The van der Waals surface area contributed by atoms with Gasteiger partial charge in [-0.2, -0.15) is 0 Å². The molecule has 0 radical (unpaired) electrons. The topological polar surface area (TPSA) is 64.3 Å². The first kappa shape index (κ1) is 15.7. The van der Waals surface area contributed by atoms with Gasteiger partial charge in [-0.15, -0.1) is 0 Å². The van der Waals surface area contributed by atoms with Gasteiger partial charge in [0.15, 0.2) is 5.75 Å². The van der Waals surface area contributed by atoms with Gasteiger partial charge in [0.05, 0.1) is 23.5 Å². The van der Waals surface area contributed by atoms with Gasteiger partial charge in [-0.05, 0) is 53.2 Å². The molecule has 0 bridgehead atoms. The van der Waals surface area contributed by atoms with E-state index in [-0.39, 0.29) is 5.91 Å². The molecule has 0 spiro atoms. The smallest absolute Gasteiger partial charge is 0.259 e. The first-order valence-corrected chi connectivity index (χ1v) is 7.47. The van der Waals surface area contributed by atoms with Crippen LogP contribution in [0, 0.1) is 0 Å². The minimum atomic E-state index is -0.311. The van der Waals surface area contributed by atoms with Crippen molar-refractivity contribution in [2.45, 2.75) is 6.92 Å². The Balaban J connectivity index is 2.32. The molecule has 0 heterocycles. The molecule has 4 nitrogen and oxygen atoms in total. The van der Waals surface area contributed by atoms with E-state index in [0.29, 0.717) is 34.3 Å². The van der Waals surface area contributed by atoms with E-state index in [9.17, 15) is 4.79 Å². The summed E-state index contributed by atoms with van der Waals surface area (Å²) >= 11 is 9.30. The van der Waals surface area contributed by atoms with Crippen LogP contribution in [0.25, 0.3) is 0 Å². The lowest BCUT2D eigenvalue weighted by atomic mass is 10.1. The summed E-state index contributed by atoms with van der Waals surface area (Å²) in [7, 11) is 0. The monoisotopic (exact) mass is 368 g/mol. The molecule has 21 heavy (non-hydrogen) atoms. The number of hydrogen-bond donors (Lipinski definition) is 2. The number of hydrogen-bond acceptors (Lipinski definition) is 3. The van der Waals surface area contributed by atoms with Gasteiger partial charge in [-0.3, -0.25) is 4.79 Å². The summed E-state index contributed by atoms with van der Waals surface area (Å²) in [5.74, 6) is 0.0735. The number of para-hydroxylation sites is 1. The zero-order valence-electron chi connectivity index (χ0n) is 11.3. The fourth-order valence-corrected chi connectivity index (χ4v) is 2.34. The van der Waals surface area contributed by atoms with Crippen molar-refractivity contribution < 1.29 is 9.53 Å². The maximum Gasteiger partial charge on any atom is 0.259 e. The largest absolute Gasteiger partial charge is 0.491 e. The van der Waals surface area contributed by atoms with Crippen molar-refractivity contribution in [3.63, 3.8) is 0 Å². The third-order valence-electron chi connectivity index (χ3n) is 2.76. The second-order valence-electron chi connectivity index (χ2n) is 4.24. The average molecular weight is 370 g/mol. The van der Waals surface area contributed by atoms with E-state index in [1.165, 1.54) is 0 Å². The fourth-order valence-electron chi connectivity index (χ4n) is 1.82. The van der Waals surface area contributed by atoms with Crippen LogP contribution in [0.3, 0.4) is 0 Å². The highest BCUT2D eigenvalue weighted by Gasteiger charge is 2.16. The molecule has 110 valence electrons. The predicted octanol–water partition coefficient (Wildman–Crippen LogP) is 4.34. The molecule has 0 aliphatic heterocycles. The van der Waals surface area contributed by atoms with E-state index in [4.69, 9.17) is 22.1 Å². The Hall–Kier alpha value is -1.72. The van der Waals surface area contributed by atoms with Crippen LogP contribution in [0.5, 0.6) is 5.75 Å². The SMILES string of the molecule is CCOc1c(N)cccc1C(=O)Nc1cc(Cl)ccc1Br. The number of nitrogens with one attached hydrogen (secondary N) is 1. The van der Waals surface area contributed by atoms with E-state index in [2.05, 4.69) is 21.2 Å². The summed E-state index contributed by atoms with van der Waals surface area (Å²) < 4.78 is 6.20. The Morgan fingerprint density at radius 3 is 2.86 bits per heavy atom. The molecule has 0 aromatic heterocycles. The van der Waals surface area contributed by atoms with E-state index < -0.39 is 0 Å². The summed E-state index contributed by atoms with van der Waals surface area (Å²) in [5.41, 5.74) is 7.24. The van der Waals surface area contributed by atoms with Crippen LogP contribution in [-0.2, 0) is 0 Å². The lowest BCUT2D eigenvalue weighted by molar-refractivity contribution is 0.102. The van der Waals surface area contributed by atoms with Crippen LogP contribution in [0.2, 0.25) is 5.02 Å². The number of rotatable bonds is 4. The molecule has 2 aromatic carbocycles. The van der Waals surface area contributed by atoms with Crippen molar-refractivity contribution in [3.05, 3.63) is 51.5 Å². The fraction of sp³-hybridized carbons (Fsp3) is 0.133. The molecule has 0 aliphatic rings. The van der Waals surface area contributed by atoms with Gasteiger partial charge in [-0.1, -0.05) is 17.7 Å². The molecule has 2 rings (SSSR count). The third-order valence-corrected chi connectivity index (χ3v) is 3.68. The highest BCUT2D eigenvalue weighted by atomic mass is 79.9. The van der Waals surface area contributed by atoms with Crippen LogP contribution in [0.4, 0.5) is 11.4 Å². The zero-order valence-corrected chi connectivity index (χ0v) is 13.7. The molecule has 0 saturated heterocycles. The molecule has 6 heteroatoms. The van der Waals surface area contributed by atoms with Crippen LogP contribution in [0.1, 0.15) is 17.3 Å². The number of ether oxygens (including phenoxy) is 1. The van der Waals surface area contributed by atoms with Crippen molar-refractivity contribution in [3.8, 4) is 5.75 Å². The zero-order chi connectivity index (χ0) is 15.4. The number of halogens is 2. The number of nitrogen functional groups attached to an aromatic ring is 1. The highest BCUT2D eigenvalue weighted by molar-refractivity contribution is 9.10. The van der Waals surface area contributed by atoms with Crippen molar-refractivity contribution >= 4 is 44.8 Å². The highest BCUT2D eigenvalue weighted by Crippen LogP contribution is 2.30. The molecular formula is C15H14BrClN2O2. The minimum Gasteiger partial charge on any atom is -0.491 e. The maximum absolute atomic E-state index is 12.4. The van der Waals surface area contributed by atoms with Crippen LogP contribution in [0.15, 0.2) is 40.9 Å². The lowest BCUT2D eigenvalue weighted by Crippen LogP contribution is -2.15. The average Bonchev–Trinajstić information content (AvgIpc) is 2.45. The first-order chi connectivity index (χ1) is 10.0. The van der Waals surface area contributed by atoms with Crippen LogP contribution >= 0.6 is 27.5 Å². The number of benzene rings is 2. The Morgan fingerprint density at radius 1 is 1.38 bits per heavy atom. The lowest BCUT2D eigenvalue weighted by Gasteiger charge is -2.13. The Kier molecular flexibility index (Phi) is 5.09. The standard InChI is InChI=1S/C15H14BrClN2O2/c1-2-21-14-10(4-3-5-12(14)18)15(20)19-13-8-9(17)6-7-11(13)16/h3-8H,2,18H2,1H3,(H,19,20). The van der Waals surface area contributed by atoms with E-state index in [0.717, 1.165) is 4.47 Å². The number of anilines is 2. The summed E-state index contributed by atoms with van der Waals surface area (Å²) in [4.78, 5) is 12.4. The van der Waals surface area contributed by atoms with E-state index in [1.54, 1.807) is 36.4 Å². The number of carbonyl (C=O) groups excluding carboxylic acids is 1. The Bertz CT molecular complexity index is 677. The van der Waals surface area contributed by atoms with Gasteiger partial charge in [0.1, 0.15) is 0 Å². The molecule has 3 N–H and O–H groups in total. The summed E-state index contributed by atoms with van der Waals surface area (Å²) in [6.07, 6.45) is 0. The van der Waals surface area contributed by atoms with Crippen LogP contribution in [-0.4, -0.2) is 12.5 Å². The van der Waals surface area contributed by atoms with E-state index >= 15 is 0 Å². The normalized spacial score (nSPS) is 10.2. The Morgan fingerprint density at radius 2 is 2.14 bits per heavy atom. The first-order valence-electron chi connectivity index (χ1n) is 6.30. The molecule has 0 atom stereocenters. The molecule has 0 unspecified atom stereocenters. The van der Waals surface area contributed by atoms with E-state index in [1.807, 2.05) is 6.92 Å². The third kappa shape index (κ3) is 3.68. The number of amides is 1. The summed E-state index contributed by atoms with van der Waals surface area (Å²) in [6, 6.07) is 10.2. The molecule has 0 fully saturated rings. The van der Waals surface area contributed by atoms with Crippen molar-refractivity contribution in [1.82, 2.24) is 0 Å². The molecular weight excluding hydrogens is 356 g/mol. The van der Waals surface area contributed by atoms with Crippen molar-refractivity contribution in [2.75, 3.05) is 17.7 Å². The van der Waals surface area contributed by atoms with Gasteiger partial charge in [-0.25, -0.2) is 0 Å². The Labute approximate surface area is 136 Å². The van der Waals surface area contributed by atoms with Gasteiger partial charge in [0, 0.05) is 9.50 Å². The minimum absolute atomic E-state index is 0.311. The summed E-state index contributed by atoms with van der Waals surface area (Å²) in [5, 5.41) is 3.32. The van der Waals surface area contributed by atoms with Gasteiger partial charge in [0.25, 0.3) is 5.91 Å². The summed E-state index contributed by atoms with van der Waals surface area (Å²) in [6.45, 7) is 2.26. The second-order valence-corrected chi connectivity index (χ2v) is 5.53. The van der Waals surface area contributed by atoms with Gasteiger partial charge < -0.3 is 15.8 Å². The van der Waals surface area contributed by atoms with Gasteiger partial charge >= 0.3 is 0 Å². The van der Waals surface area contributed by atoms with Gasteiger partial charge in [0.2, 0.25) is 0 Å². The van der Waals surface area contributed by atoms with Crippen molar-refractivity contribution in [1.29, 1.82) is 0 Å². The molecule has 1 amide bonds. The van der Waals surface area contributed by atoms with Crippen molar-refractivity contribution in [2.24, 2.45) is 0 Å². The number of nitrogens with two attached hydrogens (primary N) is 1. The molecule has 0 saturated carbocycles. The quantitative estimate of drug-likeness (QED) is 0.788. The maximum atomic E-state index is 12.4.